The lowest BCUT2D eigenvalue weighted by Gasteiger charge is -2.39. The van der Waals surface area contributed by atoms with Gasteiger partial charge in [-0.1, -0.05) is 25.5 Å². The van der Waals surface area contributed by atoms with Crippen molar-refractivity contribution in [3.05, 3.63) is 42.1 Å². The summed E-state index contributed by atoms with van der Waals surface area (Å²) in [5.41, 5.74) is 1.64. The van der Waals surface area contributed by atoms with Gasteiger partial charge in [-0.05, 0) is 55.8 Å². The van der Waals surface area contributed by atoms with Crippen LogP contribution in [0, 0.1) is 11.8 Å². The molecule has 1 N–H and O–H groups in total. The molecule has 1 saturated heterocycles. The number of pyridine rings is 1. The van der Waals surface area contributed by atoms with Crippen LogP contribution in [0.2, 0.25) is 0 Å². The largest absolute Gasteiger partial charge is 0.338 e. The Balaban J connectivity index is 1.38. The number of benzene rings is 1. The molecule has 0 radical (unpaired) electrons. The van der Waals surface area contributed by atoms with E-state index in [4.69, 9.17) is 0 Å². The molecule has 1 aromatic heterocycles. The van der Waals surface area contributed by atoms with Crippen molar-refractivity contribution in [3.8, 4) is 0 Å². The van der Waals surface area contributed by atoms with Crippen molar-refractivity contribution >= 4 is 16.8 Å². The summed E-state index contributed by atoms with van der Waals surface area (Å²) in [4.78, 5) is 19.3. The van der Waals surface area contributed by atoms with Gasteiger partial charge in [-0.2, -0.15) is 0 Å². The molecule has 2 unspecified atom stereocenters. The van der Waals surface area contributed by atoms with Gasteiger partial charge in [-0.3, -0.25) is 9.78 Å². The zero-order valence-corrected chi connectivity index (χ0v) is 14.9. The molecule has 1 aliphatic heterocycles. The van der Waals surface area contributed by atoms with Crippen LogP contribution in [0.25, 0.3) is 10.9 Å². The van der Waals surface area contributed by atoms with Gasteiger partial charge in [-0.15, -0.1) is 0 Å². The van der Waals surface area contributed by atoms with Crippen LogP contribution in [-0.4, -0.2) is 41.5 Å². The SMILES string of the molecule is CC1CN(C(=O)c2ccc3cccnc3c2)CCC1NCC1CCC1. The quantitative estimate of drug-likeness (QED) is 0.929. The Morgan fingerprint density at radius 3 is 2.92 bits per heavy atom. The Bertz CT molecular complexity index is 756. The summed E-state index contributed by atoms with van der Waals surface area (Å²) >= 11 is 0. The third-order valence-electron chi connectivity index (χ3n) is 5.94. The fourth-order valence-electron chi connectivity index (χ4n) is 4.03. The number of amides is 1. The van der Waals surface area contributed by atoms with Gasteiger partial charge in [0.2, 0.25) is 0 Å². The molecule has 2 atom stereocenters. The molecule has 25 heavy (non-hydrogen) atoms. The average Bonchev–Trinajstić information content (AvgIpc) is 2.60. The molecule has 1 amide bonds. The second-order valence-corrected chi connectivity index (χ2v) is 7.74. The third-order valence-corrected chi connectivity index (χ3v) is 5.94. The zero-order chi connectivity index (χ0) is 17.2. The first-order valence-corrected chi connectivity index (χ1v) is 9.58. The summed E-state index contributed by atoms with van der Waals surface area (Å²) in [6, 6.07) is 10.3. The summed E-state index contributed by atoms with van der Waals surface area (Å²) in [5, 5.41) is 4.82. The summed E-state index contributed by atoms with van der Waals surface area (Å²) in [6.07, 6.45) is 6.99. The van der Waals surface area contributed by atoms with E-state index in [1.165, 1.54) is 19.3 Å². The summed E-state index contributed by atoms with van der Waals surface area (Å²) < 4.78 is 0. The van der Waals surface area contributed by atoms with Gasteiger partial charge in [0.05, 0.1) is 5.52 Å². The highest BCUT2D eigenvalue weighted by Gasteiger charge is 2.30. The maximum atomic E-state index is 12.9. The Hall–Kier alpha value is -1.94. The van der Waals surface area contributed by atoms with Crippen molar-refractivity contribution in [3.63, 3.8) is 0 Å². The van der Waals surface area contributed by atoms with Crippen LogP contribution in [-0.2, 0) is 0 Å². The number of piperidine rings is 1. The number of rotatable bonds is 4. The first-order valence-electron chi connectivity index (χ1n) is 9.58. The molecule has 2 heterocycles. The molecule has 132 valence electrons. The van der Waals surface area contributed by atoms with Crippen LogP contribution in [0.4, 0.5) is 0 Å². The van der Waals surface area contributed by atoms with Gasteiger partial charge in [0, 0.05) is 36.3 Å². The topological polar surface area (TPSA) is 45.2 Å². The first kappa shape index (κ1) is 16.5. The maximum absolute atomic E-state index is 12.9. The molecule has 1 aliphatic carbocycles. The lowest BCUT2D eigenvalue weighted by Crippen LogP contribution is -2.51. The predicted molar refractivity (Wildman–Crippen MR) is 101 cm³/mol. The Morgan fingerprint density at radius 1 is 1.28 bits per heavy atom. The highest BCUT2D eigenvalue weighted by molar-refractivity contribution is 5.97. The van der Waals surface area contributed by atoms with Gasteiger partial charge < -0.3 is 10.2 Å². The van der Waals surface area contributed by atoms with Crippen molar-refractivity contribution in [2.24, 2.45) is 11.8 Å². The van der Waals surface area contributed by atoms with Crippen LogP contribution in [0.15, 0.2) is 36.5 Å². The molecule has 4 nitrogen and oxygen atoms in total. The first-order chi connectivity index (χ1) is 12.2. The molecular formula is C21H27N3O. The lowest BCUT2D eigenvalue weighted by molar-refractivity contribution is 0.0639. The van der Waals surface area contributed by atoms with Gasteiger partial charge in [-0.25, -0.2) is 0 Å². The minimum atomic E-state index is 0.136. The van der Waals surface area contributed by atoms with Gasteiger partial charge in [0.1, 0.15) is 0 Å². The average molecular weight is 337 g/mol. The number of carbonyl (C=O) groups excluding carboxylic acids is 1. The molecule has 2 aromatic rings. The number of fused-ring (bicyclic) bond motifs is 1. The van der Waals surface area contributed by atoms with E-state index in [9.17, 15) is 4.79 Å². The normalized spacial score (nSPS) is 24.3. The molecule has 1 saturated carbocycles. The molecular weight excluding hydrogens is 310 g/mol. The molecule has 2 aliphatic rings. The van der Waals surface area contributed by atoms with Crippen molar-refractivity contribution < 1.29 is 4.79 Å². The minimum Gasteiger partial charge on any atom is -0.338 e. The van der Waals surface area contributed by atoms with E-state index < -0.39 is 0 Å². The van der Waals surface area contributed by atoms with Crippen molar-refractivity contribution in [1.82, 2.24) is 15.2 Å². The number of hydrogen-bond acceptors (Lipinski definition) is 3. The Morgan fingerprint density at radius 2 is 2.16 bits per heavy atom. The summed E-state index contributed by atoms with van der Waals surface area (Å²) in [7, 11) is 0. The predicted octanol–water partition coefficient (Wildman–Crippen LogP) is 3.48. The van der Waals surface area contributed by atoms with Gasteiger partial charge in [0.25, 0.3) is 5.91 Å². The smallest absolute Gasteiger partial charge is 0.253 e. The fraction of sp³-hybridized carbons (Fsp3) is 0.524. The van der Waals surface area contributed by atoms with E-state index in [0.717, 1.165) is 48.4 Å². The van der Waals surface area contributed by atoms with Crippen LogP contribution >= 0.6 is 0 Å². The summed E-state index contributed by atoms with van der Waals surface area (Å²) in [5.74, 6) is 1.52. The van der Waals surface area contributed by atoms with Crippen molar-refractivity contribution in [2.45, 2.75) is 38.6 Å². The van der Waals surface area contributed by atoms with Gasteiger partial charge >= 0.3 is 0 Å². The van der Waals surface area contributed by atoms with Crippen LogP contribution in [0.5, 0.6) is 0 Å². The van der Waals surface area contributed by atoms with Crippen LogP contribution in [0.1, 0.15) is 43.0 Å². The monoisotopic (exact) mass is 337 g/mol. The number of nitrogens with zero attached hydrogens (tertiary/aromatic N) is 2. The summed E-state index contributed by atoms with van der Waals surface area (Å²) in [6.45, 7) is 5.09. The molecule has 1 aromatic carbocycles. The number of nitrogens with one attached hydrogen (secondary N) is 1. The molecule has 0 spiro atoms. The number of aromatic nitrogens is 1. The van der Waals surface area contributed by atoms with E-state index in [2.05, 4.69) is 17.2 Å². The standard InChI is InChI=1S/C21H27N3O/c1-15-14-24(11-9-19(15)23-13-16-4-2-5-16)21(25)18-8-7-17-6-3-10-22-20(17)12-18/h3,6-8,10,12,15-16,19,23H,2,4-5,9,11,13-14H2,1H3. The Kier molecular flexibility index (Phi) is 4.71. The van der Waals surface area contributed by atoms with E-state index in [0.29, 0.717) is 12.0 Å². The highest BCUT2D eigenvalue weighted by Crippen LogP contribution is 2.26. The van der Waals surface area contributed by atoms with Crippen molar-refractivity contribution in [2.75, 3.05) is 19.6 Å². The van der Waals surface area contributed by atoms with Crippen molar-refractivity contribution in [1.29, 1.82) is 0 Å². The third kappa shape index (κ3) is 3.54. The molecule has 2 fully saturated rings. The lowest BCUT2D eigenvalue weighted by atomic mass is 9.84. The Labute approximate surface area is 149 Å². The van der Waals surface area contributed by atoms with Crippen LogP contribution < -0.4 is 5.32 Å². The van der Waals surface area contributed by atoms with E-state index in [-0.39, 0.29) is 5.91 Å². The van der Waals surface area contributed by atoms with E-state index >= 15 is 0 Å². The van der Waals surface area contributed by atoms with E-state index in [1.807, 2.05) is 35.2 Å². The second kappa shape index (κ2) is 7.12. The number of hydrogen-bond donors (Lipinski definition) is 1. The van der Waals surface area contributed by atoms with Crippen LogP contribution in [0.3, 0.4) is 0 Å². The maximum Gasteiger partial charge on any atom is 0.253 e. The number of carbonyl (C=O) groups is 1. The zero-order valence-electron chi connectivity index (χ0n) is 14.9. The molecule has 4 heteroatoms. The van der Waals surface area contributed by atoms with E-state index in [1.54, 1.807) is 6.20 Å². The number of likely N-dealkylation sites (tertiary alicyclic amines) is 1. The molecule has 0 bridgehead atoms. The fourth-order valence-corrected chi connectivity index (χ4v) is 4.03. The second-order valence-electron chi connectivity index (χ2n) is 7.74. The highest BCUT2D eigenvalue weighted by atomic mass is 16.2. The van der Waals surface area contributed by atoms with Gasteiger partial charge in [0.15, 0.2) is 0 Å². The minimum absolute atomic E-state index is 0.136. The molecule has 4 rings (SSSR count).